The van der Waals surface area contributed by atoms with Crippen LogP contribution in [0.3, 0.4) is 0 Å². The quantitative estimate of drug-likeness (QED) is 0.876. The molecule has 1 aromatic rings. The molecule has 2 heterocycles. The third-order valence-electron chi connectivity index (χ3n) is 3.36. The van der Waals surface area contributed by atoms with Crippen molar-refractivity contribution in [1.29, 1.82) is 0 Å². The van der Waals surface area contributed by atoms with E-state index in [2.05, 4.69) is 18.4 Å². The smallest absolute Gasteiger partial charge is 0.0887 e. The molecular weight excluding hydrogens is 220 g/mol. The zero-order valence-corrected chi connectivity index (χ0v) is 10.6. The molecule has 1 N–H and O–H groups in total. The van der Waals surface area contributed by atoms with E-state index in [1.54, 1.807) is 11.3 Å². The minimum atomic E-state index is -0.266. The van der Waals surface area contributed by atoms with Crippen LogP contribution in [-0.2, 0) is 11.2 Å². The monoisotopic (exact) mass is 240 g/mol. The van der Waals surface area contributed by atoms with E-state index in [0.29, 0.717) is 5.92 Å². The van der Waals surface area contributed by atoms with E-state index in [1.165, 1.54) is 10.4 Å². The molecule has 0 amide bonds. The molecule has 3 heteroatoms. The van der Waals surface area contributed by atoms with E-state index in [1.807, 2.05) is 0 Å². The van der Waals surface area contributed by atoms with Gasteiger partial charge in [-0.2, -0.15) is 0 Å². The molecule has 0 radical (unpaired) electrons. The van der Waals surface area contributed by atoms with Gasteiger partial charge in [-0.1, -0.05) is 6.92 Å². The molecule has 1 unspecified atom stereocenters. The lowest BCUT2D eigenvalue weighted by Crippen LogP contribution is -2.18. The fourth-order valence-electron chi connectivity index (χ4n) is 2.34. The van der Waals surface area contributed by atoms with Crippen LogP contribution in [0.2, 0.25) is 0 Å². The van der Waals surface area contributed by atoms with Crippen molar-refractivity contribution in [2.75, 3.05) is 13.2 Å². The van der Waals surface area contributed by atoms with Gasteiger partial charge in [0.05, 0.1) is 6.10 Å². The van der Waals surface area contributed by atoms with E-state index >= 15 is 0 Å². The Morgan fingerprint density at radius 3 is 2.94 bits per heavy atom. The van der Waals surface area contributed by atoms with Crippen LogP contribution in [0.1, 0.15) is 42.7 Å². The minimum absolute atomic E-state index is 0.266. The topological polar surface area (TPSA) is 29.5 Å². The molecule has 16 heavy (non-hydrogen) atoms. The second kappa shape index (κ2) is 5.80. The van der Waals surface area contributed by atoms with Gasteiger partial charge in [0.2, 0.25) is 0 Å². The number of hydrogen-bond acceptors (Lipinski definition) is 3. The number of rotatable bonds is 4. The normalized spacial score (nSPS) is 19.9. The van der Waals surface area contributed by atoms with Crippen molar-refractivity contribution in [2.24, 2.45) is 5.92 Å². The molecular formula is C13H20O2S. The standard InChI is InChI=1S/C13H20O2S/c1-2-11-5-8-16-13(11)12(14)9-10-3-6-15-7-4-10/h5,8,10,12,14H,2-4,6-7,9H2,1H3. The van der Waals surface area contributed by atoms with Gasteiger partial charge in [-0.3, -0.25) is 0 Å². The Kier molecular flexibility index (Phi) is 4.38. The molecule has 0 spiro atoms. The van der Waals surface area contributed by atoms with Crippen molar-refractivity contribution < 1.29 is 9.84 Å². The molecule has 0 saturated carbocycles. The summed E-state index contributed by atoms with van der Waals surface area (Å²) in [4.78, 5) is 1.17. The average Bonchev–Trinajstić information content (AvgIpc) is 2.78. The van der Waals surface area contributed by atoms with Crippen molar-refractivity contribution in [1.82, 2.24) is 0 Å². The number of aryl methyl sites for hydroxylation is 1. The Morgan fingerprint density at radius 1 is 1.50 bits per heavy atom. The van der Waals surface area contributed by atoms with E-state index in [-0.39, 0.29) is 6.10 Å². The summed E-state index contributed by atoms with van der Waals surface area (Å²) < 4.78 is 5.34. The molecule has 1 saturated heterocycles. The van der Waals surface area contributed by atoms with Gasteiger partial charge in [-0.15, -0.1) is 11.3 Å². The maximum Gasteiger partial charge on any atom is 0.0887 e. The Hall–Kier alpha value is -0.380. The Balaban J connectivity index is 1.93. The summed E-state index contributed by atoms with van der Waals surface area (Å²) in [5.41, 5.74) is 1.31. The van der Waals surface area contributed by atoms with Gasteiger partial charge >= 0.3 is 0 Å². The SMILES string of the molecule is CCc1ccsc1C(O)CC1CCOCC1. The summed E-state index contributed by atoms with van der Waals surface area (Å²) >= 11 is 1.69. The summed E-state index contributed by atoms with van der Waals surface area (Å²) in [7, 11) is 0. The van der Waals surface area contributed by atoms with Crippen LogP contribution >= 0.6 is 11.3 Å². The van der Waals surface area contributed by atoms with Crippen LogP contribution in [0.15, 0.2) is 11.4 Å². The summed E-state index contributed by atoms with van der Waals surface area (Å²) in [5.74, 6) is 0.635. The van der Waals surface area contributed by atoms with Crippen LogP contribution in [0.25, 0.3) is 0 Å². The third kappa shape index (κ3) is 2.84. The first-order valence-corrected chi connectivity index (χ1v) is 7.01. The largest absolute Gasteiger partial charge is 0.388 e. The second-order valence-corrected chi connectivity index (χ2v) is 5.42. The number of thiophene rings is 1. The zero-order chi connectivity index (χ0) is 11.4. The summed E-state index contributed by atoms with van der Waals surface area (Å²) in [6, 6.07) is 2.13. The van der Waals surface area contributed by atoms with Crippen molar-refractivity contribution >= 4 is 11.3 Å². The predicted molar refractivity (Wildman–Crippen MR) is 66.8 cm³/mol. The lowest BCUT2D eigenvalue weighted by molar-refractivity contribution is 0.0440. The van der Waals surface area contributed by atoms with Crippen molar-refractivity contribution in [2.45, 2.75) is 38.7 Å². The number of ether oxygens (including phenoxy) is 1. The Morgan fingerprint density at radius 2 is 2.25 bits per heavy atom. The average molecular weight is 240 g/mol. The summed E-state index contributed by atoms with van der Waals surface area (Å²) in [6.07, 6.45) is 3.85. The summed E-state index contributed by atoms with van der Waals surface area (Å²) in [5, 5.41) is 12.3. The molecule has 1 aliphatic heterocycles. The zero-order valence-electron chi connectivity index (χ0n) is 9.82. The highest BCUT2D eigenvalue weighted by molar-refractivity contribution is 7.10. The molecule has 0 aliphatic carbocycles. The van der Waals surface area contributed by atoms with Gasteiger partial charge < -0.3 is 9.84 Å². The lowest BCUT2D eigenvalue weighted by Gasteiger charge is -2.24. The highest BCUT2D eigenvalue weighted by atomic mass is 32.1. The highest BCUT2D eigenvalue weighted by Crippen LogP contribution is 2.32. The molecule has 1 fully saturated rings. The van der Waals surface area contributed by atoms with Crippen LogP contribution in [0.4, 0.5) is 0 Å². The fraction of sp³-hybridized carbons (Fsp3) is 0.692. The first-order valence-electron chi connectivity index (χ1n) is 6.13. The van der Waals surface area contributed by atoms with Crippen LogP contribution in [0, 0.1) is 5.92 Å². The minimum Gasteiger partial charge on any atom is -0.388 e. The van der Waals surface area contributed by atoms with E-state index in [0.717, 1.165) is 38.9 Å². The van der Waals surface area contributed by atoms with Crippen LogP contribution < -0.4 is 0 Å². The fourth-order valence-corrected chi connectivity index (χ4v) is 3.33. The highest BCUT2D eigenvalue weighted by Gasteiger charge is 2.20. The molecule has 1 aliphatic rings. The first kappa shape index (κ1) is 12.1. The van der Waals surface area contributed by atoms with Gasteiger partial charge in [0.25, 0.3) is 0 Å². The molecule has 1 aromatic heterocycles. The third-order valence-corrected chi connectivity index (χ3v) is 4.42. The predicted octanol–water partition coefficient (Wildman–Crippen LogP) is 3.16. The van der Waals surface area contributed by atoms with Crippen molar-refractivity contribution in [3.8, 4) is 0 Å². The van der Waals surface area contributed by atoms with Crippen LogP contribution in [-0.4, -0.2) is 18.3 Å². The van der Waals surface area contributed by atoms with Gasteiger partial charge in [-0.05, 0) is 48.6 Å². The van der Waals surface area contributed by atoms with E-state index in [4.69, 9.17) is 4.74 Å². The number of aliphatic hydroxyl groups is 1. The molecule has 0 bridgehead atoms. The van der Waals surface area contributed by atoms with E-state index in [9.17, 15) is 5.11 Å². The van der Waals surface area contributed by atoms with Crippen molar-refractivity contribution in [3.63, 3.8) is 0 Å². The number of hydrogen-bond donors (Lipinski definition) is 1. The second-order valence-electron chi connectivity index (χ2n) is 4.47. The van der Waals surface area contributed by atoms with Crippen molar-refractivity contribution in [3.05, 3.63) is 21.9 Å². The van der Waals surface area contributed by atoms with Gasteiger partial charge in [0.15, 0.2) is 0 Å². The Bertz CT molecular complexity index is 315. The first-order chi connectivity index (χ1) is 7.81. The maximum absolute atomic E-state index is 10.2. The molecule has 0 aromatic carbocycles. The molecule has 2 rings (SSSR count). The van der Waals surface area contributed by atoms with Gasteiger partial charge in [-0.25, -0.2) is 0 Å². The molecule has 90 valence electrons. The maximum atomic E-state index is 10.2. The molecule has 1 atom stereocenters. The molecule has 2 nitrogen and oxygen atoms in total. The Labute approximate surface area is 101 Å². The summed E-state index contributed by atoms with van der Waals surface area (Å²) in [6.45, 7) is 3.87. The van der Waals surface area contributed by atoms with Gasteiger partial charge in [0, 0.05) is 18.1 Å². The number of aliphatic hydroxyl groups excluding tert-OH is 1. The van der Waals surface area contributed by atoms with E-state index < -0.39 is 0 Å². The lowest BCUT2D eigenvalue weighted by atomic mass is 9.92. The van der Waals surface area contributed by atoms with Gasteiger partial charge in [0.1, 0.15) is 0 Å². The van der Waals surface area contributed by atoms with Crippen LogP contribution in [0.5, 0.6) is 0 Å².